The Balaban J connectivity index is 1.97. The number of aromatic nitrogens is 1. The molecular formula is C18H21N2O3P. The summed E-state index contributed by atoms with van der Waals surface area (Å²) >= 11 is 0. The summed E-state index contributed by atoms with van der Waals surface area (Å²) in [6.07, 6.45) is 1.86. The van der Waals surface area contributed by atoms with E-state index in [1.54, 1.807) is 0 Å². The highest BCUT2D eigenvalue weighted by molar-refractivity contribution is 7.54. The fourth-order valence-corrected chi connectivity index (χ4v) is 4.25. The molecule has 0 spiro atoms. The summed E-state index contributed by atoms with van der Waals surface area (Å²) < 4.78 is 23.6. The van der Waals surface area contributed by atoms with Crippen LogP contribution in [0.2, 0.25) is 0 Å². The molecule has 0 radical (unpaired) electrons. The number of para-hydroxylation sites is 1. The molecule has 1 atom stereocenters. The molecule has 1 aromatic heterocycles. The standard InChI is InChI=1S/C18H21N2O3P/c1-22-24(21,23-2)18(20-12-14-8-4-3-5-9-14)16-13-19-17-11-7-6-10-15(16)17/h3-11,13,18-20H,12H2,1-2H3. The van der Waals surface area contributed by atoms with E-state index in [0.717, 1.165) is 22.0 Å². The lowest BCUT2D eigenvalue weighted by Gasteiger charge is -2.25. The van der Waals surface area contributed by atoms with Gasteiger partial charge in [-0.2, -0.15) is 0 Å². The highest BCUT2D eigenvalue weighted by Gasteiger charge is 2.36. The molecule has 0 aliphatic rings. The smallest absolute Gasteiger partial charge is 0.351 e. The highest BCUT2D eigenvalue weighted by atomic mass is 31.2. The van der Waals surface area contributed by atoms with Gasteiger partial charge in [-0.15, -0.1) is 0 Å². The fourth-order valence-electron chi connectivity index (χ4n) is 2.81. The van der Waals surface area contributed by atoms with Crippen LogP contribution in [-0.4, -0.2) is 19.2 Å². The summed E-state index contributed by atoms with van der Waals surface area (Å²) in [6.45, 7) is 0.557. The first kappa shape index (κ1) is 16.9. The van der Waals surface area contributed by atoms with Gasteiger partial charge in [0.25, 0.3) is 0 Å². The maximum Gasteiger partial charge on any atom is 0.351 e. The second-order valence-corrected chi connectivity index (χ2v) is 7.79. The van der Waals surface area contributed by atoms with E-state index >= 15 is 0 Å². The van der Waals surface area contributed by atoms with Crippen LogP contribution >= 0.6 is 7.60 Å². The number of hydrogen-bond acceptors (Lipinski definition) is 4. The normalized spacial score (nSPS) is 13.2. The number of benzene rings is 2. The van der Waals surface area contributed by atoms with Crippen molar-refractivity contribution in [3.8, 4) is 0 Å². The predicted octanol–water partition coefficient (Wildman–Crippen LogP) is 4.44. The molecule has 2 aromatic carbocycles. The molecule has 1 unspecified atom stereocenters. The van der Waals surface area contributed by atoms with Gasteiger partial charge in [0.1, 0.15) is 5.78 Å². The number of nitrogens with one attached hydrogen (secondary N) is 2. The first-order chi connectivity index (χ1) is 11.7. The van der Waals surface area contributed by atoms with Crippen molar-refractivity contribution in [2.45, 2.75) is 12.3 Å². The third-order valence-corrected chi connectivity index (χ3v) is 6.19. The Hall–Kier alpha value is -1.91. The van der Waals surface area contributed by atoms with Gasteiger partial charge in [-0.05, 0) is 11.6 Å². The minimum Gasteiger partial charge on any atom is -0.361 e. The number of H-pyrrole nitrogens is 1. The van der Waals surface area contributed by atoms with Crippen LogP contribution in [0.4, 0.5) is 0 Å². The van der Waals surface area contributed by atoms with Crippen molar-refractivity contribution < 1.29 is 13.6 Å². The lowest BCUT2D eigenvalue weighted by molar-refractivity contribution is 0.259. The minimum atomic E-state index is -3.35. The highest BCUT2D eigenvalue weighted by Crippen LogP contribution is 2.59. The molecule has 3 rings (SSSR count). The number of aromatic amines is 1. The Labute approximate surface area is 141 Å². The molecule has 1 heterocycles. The molecule has 6 heteroatoms. The van der Waals surface area contributed by atoms with Crippen LogP contribution in [-0.2, 0) is 20.2 Å². The molecule has 2 N–H and O–H groups in total. The monoisotopic (exact) mass is 344 g/mol. The number of hydrogen-bond donors (Lipinski definition) is 2. The SMILES string of the molecule is COP(=O)(OC)C(NCc1ccccc1)c1c[nH]c2ccccc12. The lowest BCUT2D eigenvalue weighted by Crippen LogP contribution is -2.22. The average molecular weight is 344 g/mol. The van der Waals surface area contributed by atoms with Gasteiger partial charge < -0.3 is 14.0 Å². The molecule has 3 aromatic rings. The zero-order valence-electron chi connectivity index (χ0n) is 13.7. The minimum absolute atomic E-state index is 0.557. The third kappa shape index (κ3) is 3.30. The Morgan fingerprint density at radius 1 is 1.04 bits per heavy atom. The Bertz CT molecular complexity index is 840. The first-order valence-electron chi connectivity index (χ1n) is 7.72. The Morgan fingerprint density at radius 2 is 1.71 bits per heavy atom. The Morgan fingerprint density at radius 3 is 2.42 bits per heavy atom. The summed E-state index contributed by atoms with van der Waals surface area (Å²) in [6, 6.07) is 17.8. The molecular weight excluding hydrogens is 323 g/mol. The molecule has 0 aliphatic heterocycles. The second kappa shape index (κ2) is 7.32. The van der Waals surface area contributed by atoms with Crippen LogP contribution in [0.3, 0.4) is 0 Å². The van der Waals surface area contributed by atoms with E-state index < -0.39 is 13.4 Å². The Kier molecular flexibility index (Phi) is 5.17. The molecule has 0 bridgehead atoms. The van der Waals surface area contributed by atoms with Crippen LogP contribution in [0.15, 0.2) is 60.8 Å². The van der Waals surface area contributed by atoms with E-state index in [-0.39, 0.29) is 0 Å². The number of fused-ring (bicyclic) bond motifs is 1. The third-order valence-electron chi connectivity index (χ3n) is 4.08. The van der Waals surface area contributed by atoms with Gasteiger partial charge >= 0.3 is 7.60 Å². The van der Waals surface area contributed by atoms with Crippen molar-refractivity contribution >= 4 is 18.5 Å². The molecule has 0 aliphatic carbocycles. The topological polar surface area (TPSA) is 63.4 Å². The molecule has 0 fully saturated rings. The largest absolute Gasteiger partial charge is 0.361 e. The van der Waals surface area contributed by atoms with Gasteiger partial charge in [0.15, 0.2) is 0 Å². The summed E-state index contributed by atoms with van der Waals surface area (Å²) in [5.41, 5.74) is 2.95. The molecule has 0 saturated heterocycles. The first-order valence-corrected chi connectivity index (χ1v) is 9.33. The summed E-state index contributed by atoms with van der Waals surface area (Å²) in [5.74, 6) is -0.566. The van der Waals surface area contributed by atoms with Crippen LogP contribution in [0.5, 0.6) is 0 Å². The summed E-state index contributed by atoms with van der Waals surface area (Å²) in [5, 5.41) is 4.34. The van der Waals surface area contributed by atoms with Crippen molar-refractivity contribution in [3.63, 3.8) is 0 Å². The van der Waals surface area contributed by atoms with Gasteiger partial charge in [0, 0.05) is 43.4 Å². The quantitative estimate of drug-likeness (QED) is 0.622. The van der Waals surface area contributed by atoms with Crippen molar-refractivity contribution in [3.05, 3.63) is 71.9 Å². The van der Waals surface area contributed by atoms with E-state index in [9.17, 15) is 4.57 Å². The second-order valence-electron chi connectivity index (χ2n) is 5.46. The molecule has 126 valence electrons. The predicted molar refractivity (Wildman–Crippen MR) is 95.9 cm³/mol. The maximum atomic E-state index is 13.1. The van der Waals surface area contributed by atoms with Crippen LogP contribution in [0, 0.1) is 0 Å². The molecule has 0 saturated carbocycles. The molecule has 24 heavy (non-hydrogen) atoms. The summed E-state index contributed by atoms with van der Waals surface area (Å²) in [7, 11) is -0.526. The molecule has 0 amide bonds. The average Bonchev–Trinajstić information content (AvgIpc) is 3.06. The van der Waals surface area contributed by atoms with Gasteiger partial charge in [-0.25, -0.2) is 0 Å². The van der Waals surface area contributed by atoms with Gasteiger partial charge in [0.05, 0.1) is 0 Å². The zero-order valence-corrected chi connectivity index (χ0v) is 14.6. The lowest BCUT2D eigenvalue weighted by atomic mass is 10.1. The van der Waals surface area contributed by atoms with Crippen LogP contribution < -0.4 is 5.32 Å². The van der Waals surface area contributed by atoms with Crippen molar-refractivity contribution in [1.29, 1.82) is 0 Å². The number of rotatable bonds is 7. The van der Waals surface area contributed by atoms with Gasteiger partial charge in [-0.3, -0.25) is 9.88 Å². The van der Waals surface area contributed by atoms with E-state index in [2.05, 4.69) is 10.3 Å². The van der Waals surface area contributed by atoms with Crippen LogP contribution in [0.25, 0.3) is 10.9 Å². The van der Waals surface area contributed by atoms with Crippen LogP contribution in [0.1, 0.15) is 16.9 Å². The van der Waals surface area contributed by atoms with Crippen molar-refractivity contribution in [2.24, 2.45) is 0 Å². The van der Waals surface area contributed by atoms with E-state index in [0.29, 0.717) is 6.54 Å². The van der Waals surface area contributed by atoms with E-state index in [1.807, 2.05) is 60.8 Å². The summed E-state index contributed by atoms with van der Waals surface area (Å²) in [4.78, 5) is 3.21. The van der Waals surface area contributed by atoms with Crippen molar-refractivity contribution in [2.75, 3.05) is 14.2 Å². The zero-order chi connectivity index (χ0) is 17.0. The van der Waals surface area contributed by atoms with E-state index in [1.165, 1.54) is 14.2 Å². The fraction of sp³-hybridized carbons (Fsp3) is 0.222. The van der Waals surface area contributed by atoms with Gasteiger partial charge in [0.2, 0.25) is 0 Å². The molecule has 5 nitrogen and oxygen atoms in total. The maximum absolute atomic E-state index is 13.1. The van der Waals surface area contributed by atoms with E-state index in [4.69, 9.17) is 9.05 Å². The van der Waals surface area contributed by atoms with Gasteiger partial charge in [-0.1, -0.05) is 48.5 Å². The van der Waals surface area contributed by atoms with Crippen molar-refractivity contribution in [1.82, 2.24) is 10.3 Å².